The fourth-order valence-corrected chi connectivity index (χ4v) is 5.88. The Kier molecular flexibility index (Phi) is 7.02. The van der Waals surface area contributed by atoms with Crippen molar-refractivity contribution < 1.29 is 19.5 Å². The van der Waals surface area contributed by atoms with Gasteiger partial charge in [-0.1, -0.05) is 32.9 Å². The Bertz CT molecular complexity index is 1140. The molecule has 0 spiro atoms. The second kappa shape index (κ2) is 9.70. The van der Waals surface area contributed by atoms with E-state index in [0.717, 1.165) is 34.5 Å². The zero-order chi connectivity index (χ0) is 25.5. The third-order valence-electron chi connectivity index (χ3n) is 6.87. The number of amides is 3. The van der Waals surface area contributed by atoms with Gasteiger partial charge in [-0.25, -0.2) is 4.98 Å². The van der Waals surface area contributed by atoms with E-state index in [1.54, 1.807) is 11.3 Å². The second-order valence-corrected chi connectivity index (χ2v) is 11.5. The number of likely N-dealkylation sites (tertiary alicyclic amines) is 1. The molecule has 1 aromatic heterocycles. The van der Waals surface area contributed by atoms with Crippen molar-refractivity contribution in [1.82, 2.24) is 20.5 Å². The minimum atomic E-state index is -0.790. The van der Waals surface area contributed by atoms with Crippen LogP contribution in [0.2, 0.25) is 0 Å². The molecule has 2 aliphatic rings. The highest BCUT2D eigenvalue weighted by atomic mass is 32.1. The summed E-state index contributed by atoms with van der Waals surface area (Å²) in [6.45, 7) is 9.04. The average Bonchev–Trinajstić information content (AvgIpc) is 3.49. The summed E-state index contributed by atoms with van der Waals surface area (Å²) in [6.07, 6.45) is 1.04. The van der Waals surface area contributed by atoms with Crippen LogP contribution in [0.5, 0.6) is 0 Å². The Labute approximate surface area is 210 Å². The topological polar surface area (TPSA) is 112 Å². The standard InChI is InChI=1S/C26H34N4O4S/c1-14-22(35-13-27-14)17-6-8-19-16(10-17)7-9-20(19)29-24(33)21-11-18(32)12-30(21)25(34)23(26(3,4)5)28-15(2)31/h6,8,10,13,18,20-21,23,32H,7,9,11-12H2,1-5H3,(H,28,31)(H,29,33)/t18-,20-,21+,23?/m1/s1. The number of aliphatic hydroxyl groups is 1. The first-order chi connectivity index (χ1) is 16.5. The summed E-state index contributed by atoms with van der Waals surface area (Å²) in [4.78, 5) is 45.4. The van der Waals surface area contributed by atoms with Crippen LogP contribution in [0, 0.1) is 12.3 Å². The van der Waals surface area contributed by atoms with Gasteiger partial charge in [0.25, 0.3) is 0 Å². The van der Waals surface area contributed by atoms with Crippen LogP contribution in [-0.4, -0.2) is 57.4 Å². The molecule has 1 aliphatic heterocycles. The van der Waals surface area contributed by atoms with E-state index in [1.807, 2.05) is 33.2 Å². The lowest BCUT2D eigenvalue weighted by atomic mass is 9.85. The molecule has 4 rings (SSSR count). The predicted molar refractivity (Wildman–Crippen MR) is 135 cm³/mol. The van der Waals surface area contributed by atoms with Gasteiger partial charge in [-0.3, -0.25) is 14.4 Å². The number of carbonyl (C=O) groups excluding carboxylic acids is 3. The number of fused-ring (bicyclic) bond motifs is 1. The van der Waals surface area contributed by atoms with Crippen molar-refractivity contribution in [3.05, 3.63) is 40.5 Å². The second-order valence-electron chi connectivity index (χ2n) is 10.7. The zero-order valence-corrected chi connectivity index (χ0v) is 21.7. The third kappa shape index (κ3) is 5.26. The SMILES string of the molecule is CC(=O)NC(C(=O)N1C[C@H](O)C[C@H]1C(=O)N[C@@H]1CCc2cc(-c3scnc3C)ccc21)C(C)(C)C. The van der Waals surface area contributed by atoms with Gasteiger partial charge < -0.3 is 20.6 Å². The molecule has 188 valence electrons. The van der Waals surface area contributed by atoms with Crippen LogP contribution in [-0.2, 0) is 20.8 Å². The molecule has 8 nitrogen and oxygen atoms in total. The lowest BCUT2D eigenvalue weighted by Crippen LogP contribution is -2.57. The van der Waals surface area contributed by atoms with Gasteiger partial charge in [0.05, 0.1) is 28.2 Å². The van der Waals surface area contributed by atoms with Gasteiger partial charge in [-0.2, -0.15) is 0 Å². The smallest absolute Gasteiger partial charge is 0.246 e. The zero-order valence-electron chi connectivity index (χ0n) is 20.9. The molecule has 1 aliphatic carbocycles. The Morgan fingerprint density at radius 2 is 2.00 bits per heavy atom. The lowest BCUT2D eigenvalue weighted by molar-refractivity contribution is -0.144. The number of benzene rings is 1. The molecule has 2 heterocycles. The van der Waals surface area contributed by atoms with Crippen molar-refractivity contribution in [3.8, 4) is 10.4 Å². The van der Waals surface area contributed by atoms with Crippen molar-refractivity contribution in [2.75, 3.05) is 6.54 Å². The molecule has 0 radical (unpaired) electrons. The Morgan fingerprint density at radius 1 is 1.26 bits per heavy atom. The number of carbonyl (C=O) groups is 3. The number of aryl methyl sites for hydroxylation is 2. The van der Waals surface area contributed by atoms with Crippen LogP contribution in [0.1, 0.15) is 63.4 Å². The van der Waals surface area contributed by atoms with Crippen molar-refractivity contribution in [3.63, 3.8) is 0 Å². The monoisotopic (exact) mass is 498 g/mol. The molecular weight excluding hydrogens is 464 g/mol. The minimum Gasteiger partial charge on any atom is -0.391 e. The average molecular weight is 499 g/mol. The fraction of sp³-hybridized carbons (Fsp3) is 0.538. The fourth-order valence-electron chi connectivity index (χ4n) is 5.08. The first-order valence-corrected chi connectivity index (χ1v) is 12.9. The van der Waals surface area contributed by atoms with E-state index in [9.17, 15) is 19.5 Å². The van der Waals surface area contributed by atoms with E-state index in [0.29, 0.717) is 0 Å². The van der Waals surface area contributed by atoms with Gasteiger partial charge in [-0.15, -0.1) is 11.3 Å². The minimum absolute atomic E-state index is 0.0713. The number of aliphatic hydroxyl groups excluding tert-OH is 1. The summed E-state index contributed by atoms with van der Waals surface area (Å²) in [5.41, 5.74) is 5.74. The predicted octanol–water partition coefficient (Wildman–Crippen LogP) is 2.73. The molecular formula is C26H34N4O4S. The van der Waals surface area contributed by atoms with Crippen molar-refractivity contribution in [1.29, 1.82) is 0 Å². The molecule has 3 amide bonds. The van der Waals surface area contributed by atoms with Crippen molar-refractivity contribution >= 4 is 29.1 Å². The number of β-amino-alcohol motifs (C(OH)–C–C–N with tert-alkyl or cyclic N) is 1. The summed E-state index contributed by atoms with van der Waals surface area (Å²) in [5, 5.41) is 16.2. The number of aromatic nitrogens is 1. The Morgan fingerprint density at radius 3 is 2.63 bits per heavy atom. The van der Waals surface area contributed by atoms with Gasteiger partial charge in [-0.05, 0) is 47.9 Å². The molecule has 1 aromatic carbocycles. The lowest BCUT2D eigenvalue weighted by Gasteiger charge is -2.35. The van der Waals surface area contributed by atoms with Crippen LogP contribution >= 0.6 is 11.3 Å². The molecule has 0 bridgehead atoms. The number of hydrogen-bond donors (Lipinski definition) is 3. The highest BCUT2D eigenvalue weighted by Crippen LogP contribution is 2.36. The molecule has 4 atom stereocenters. The van der Waals surface area contributed by atoms with E-state index < -0.39 is 23.6 Å². The van der Waals surface area contributed by atoms with Crippen LogP contribution in [0.3, 0.4) is 0 Å². The number of nitrogens with zero attached hydrogens (tertiary/aromatic N) is 2. The molecule has 1 unspecified atom stereocenters. The van der Waals surface area contributed by atoms with E-state index in [2.05, 4.69) is 33.8 Å². The number of thiazole rings is 1. The molecule has 1 saturated heterocycles. The maximum atomic E-state index is 13.4. The van der Waals surface area contributed by atoms with Crippen molar-refractivity contribution in [2.45, 2.75) is 78.1 Å². The molecule has 9 heteroatoms. The molecule has 35 heavy (non-hydrogen) atoms. The Hall–Kier alpha value is -2.78. The third-order valence-corrected chi connectivity index (χ3v) is 7.85. The van der Waals surface area contributed by atoms with Gasteiger partial charge in [0.15, 0.2) is 0 Å². The summed E-state index contributed by atoms with van der Waals surface area (Å²) in [7, 11) is 0. The van der Waals surface area contributed by atoms with Gasteiger partial charge in [0, 0.05) is 19.9 Å². The summed E-state index contributed by atoms with van der Waals surface area (Å²) >= 11 is 1.62. The quantitative estimate of drug-likeness (QED) is 0.587. The van der Waals surface area contributed by atoms with Crippen LogP contribution in [0.15, 0.2) is 23.7 Å². The molecule has 1 fully saturated rings. The summed E-state index contributed by atoms with van der Waals surface area (Å²) in [6, 6.07) is 4.61. The van der Waals surface area contributed by atoms with Crippen LogP contribution in [0.4, 0.5) is 0 Å². The van der Waals surface area contributed by atoms with Gasteiger partial charge in [0.2, 0.25) is 17.7 Å². The maximum absolute atomic E-state index is 13.4. The highest BCUT2D eigenvalue weighted by Gasteiger charge is 2.44. The number of rotatable bonds is 5. The molecule has 3 N–H and O–H groups in total. The maximum Gasteiger partial charge on any atom is 0.246 e. The van der Waals surface area contributed by atoms with Gasteiger partial charge >= 0.3 is 0 Å². The number of nitrogens with one attached hydrogen (secondary N) is 2. The normalized spacial score (nSPS) is 22.6. The first kappa shape index (κ1) is 25.3. The van der Waals surface area contributed by atoms with Crippen LogP contribution in [0.25, 0.3) is 10.4 Å². The van der Waals surface area contributed by atoms with Crippen LogP contribution < -0.4 is 10.6 Å². The first-order valence-electron chi connectivity index (χ1n) is 12.0. The van der Waals surface area contributed by atoms with E-state index >= 15 is 0 Å². The summed E-state index contributed by atoms with van der Waals surface area (Å²) in [5.74, 6) is -0.930. The number of hydrogen-bond acceptors (Lipinski definition) is 6. The molecule has 0 saturated carbocycles. The van der Waals surface area contributed by atoms with E-state index in [-0.39, 0.29) is 36.7 Å². The Balaban J connectivity index is 1.50. The van der Waals surface area contributed by atoms with E-state index in [4.69, 9.17) is 0 Å². The highest BCUT2D eigenvalue weighted by molar-refractivity contribution is 7.13. The molecule has 2 aromatic rings. The van der Waals surface area contributed by atoms with Crippen molar-refractivity contribution in [2.24, 2.45) is 5.41 Å². The van der Waals surface area contributed by atoms with E-state index in [1.165, 1.54) is 17.4 Å². The summed E-state index contributed by atoms with van der Waals surface area (Å²) < 4.78 is 0. The van der Waals surface area contributed by atoms with Gasteiger partial charge in [0.1, 0.15) is 12.1 Å². The largest absolute Gasteiger partial charge is 0.391 e.